The highest BCUT2D eigenvalue weighted by Gasteiger charge is 2.39. The van der Waals surface area contributed by atoms with Crippen molar-refractivity contribution in [3.8, 4) is 0 Å². The van der Waals surface area contributed by atoms with E-state index >= 15 is 0 Å². The Kier molecular flexibility index (Phi) is 10.4. The van der Waals surface area contributed by atoms with E-state index in [1.165, 1.54) is 0 Å². The molecule has 0 N–H and O–H groups in total. The van der Waals surface area contributed by atoms with Crippen LogP contribution in [-0.4, -0.2) is 47.0 Å². The average molecular weight is 411 g/mol. The van der Waals surface area contributed by atoms with Crippen LogP contribution in [0.2, 0.25) is 18.1 Å². The van der Waals surface area contributed by atoms with Crippen molar-refractivity contribution in [3.63, 3.8) is 0 Å². The fourth-order valence-corrected chi connectivity index (χ4v) is 4.01. The first-order valence-corrected chi connectivity index (χ1v) is 13.0. The highest BCUT2D eigenvalue weighted by Crippen LogP contribution is 2.38. The normalized spacial score (nSPS) is 14.5. The SMILES string of the molecule is CCC[C@H](CC(COC(=O)c1ccccc1)OCOC)O[Si](C)(C)C(C)(C)C. The first kappa shape index (κ1) is 24.8. The third-order valence-corrected chi connectivity index (χ3v) is 9.77. The van der Waals surface area contributed by atoms with Crippen molar-refractivity contribution in [3.05, 3.63) is 35.9 Å². The van der Waals surface area contributed by atoms with Gasteiger partial charge in [-0.15, -0.1) is 0 Å². The van der Waals surface area contributed by atoms with Gasteiger partial charge >= 0.3 is 5.97 Å². The number of methoxy groups -OCH3 is 1. The van der Waals surface area contributed by atoms with E-state index in [0.717, 1.165) is 12.8 Å². The van der Waals surface area contributed by atoms with Crippen molar-refractivity contribution >= 4 is 14.3 Å². The quantitative estimate of drug-likeness (QED) is 0.262. The maximum absolute atomic E-state index is 12.3. The van der Waals surface area contributed by atoms with Crippen LogP contribution in [0.3, 0.4) is 0 Å². The van der Waals surface area contributed by atoms with Crippen LogP contribution in [-0.2, 0) is 18.6 Å². The molecule has 0 aromatic heterocycles. The lowest BCUT2D eigenvalue weighted by atomic mass is 10.1. The summed E-state index contributed by atoms with van der Waals surface area (Å²) in [5.74, 6) is -0.344. The van der Waals surface area contributed by atoms with Crippen LogP contribution >= 0.6 is 0 Å². The van der Waals surface area contributed by atoms with E-state index in [2.05, 4.69) is 40.8 Å². The van der Waals surface area contributed by atoms with Crippen LogP contribution in [0, 0.1) is 0 Å². The summed E-state index contributed by atoms with van der Waals surface area (Å²) in [5, 5.41) is 0.141. The molecule has 0 aliphatic carbocycles. The number of benzene rings is 1. The second-order valence-corrected chi connectivity index (χ2v) is 13.4. The molecule has 5 nitrogen and oxygen atoms in total. The van der Waals surface area contributed by atoms with Gasteiger partial charge in [-0.25, -0.2) is 4.79 Å². The maximum Gasteiger partial charge on any atom is 0.338 e. The second-order valence-electron chi connectivity index (χ2n) is 8.68. The van der Waals surface area contributed by atoms with Crippen molar-refractivity contribution < 1.29 is 23.4 Å². The number of rotatable bonds is 12. The van der Waals surface area contributed by atoms with Crippen molar-refractivity contribution in [1.82, 2.24) is 0 Å². The Morgan fingerprint density at radius 1 is 1.11 bits per heavy atom. The Morgan fingerprint density at radius 2 is 1.75 bits per heavy atom. The summed E-state index contributed by atoms with van der Waals surface area (Å²) in [4.78, 5) is 12.3. The zero-order valence-electron chi connectivity index (χ0n) is 18.6. The second kappa shape index (κ2) is 11.7. The number of esters is 1. The minimum Gasteiger partial charge on any atom is -0.459 e. The van der Waals surface area contributed by atoms with Gasteiger partial charge in [-0.2, -0.15) is 0 Å². The fourth-order valence-electron chi connectivity index (χ4n) is 2.61. The highest BCUT2D eigenvalue weighted by molar-refractivity contribution is 6.74. The third-order valence-electron chi connectivity index (χ3n) is 5.24. The van der Waals surface area contributed by atoms with E-state index in [9.17, 15) is 4.79 Å². The molecule has 0 radical (unpaired) electrons. The molecule has 0 aliphatic heterocycles. The summed E-state index contributed by atoms with van der Waals surface area (Å²) >= 11 is 0. The molecule has 1 aromatic carbocycles. The van der Waals surface area contributed by atoms with Crippen LogP contribution in [0.25, 0.3) is 0 Å². The molecule has 0 bridgehead atoms. The summed E-state index contributed by atoms with van der Waals surface area (Å²) in [6.45, 7) is 13.7. The van der Waals surface area contributed by atoms with E-state index in [4.69, 9.17) is 18.6 Å². The zero-order chi connectivity index (χ0) is 21.2. The van der Waals surface area contributed by atoms with Crippen molar-refractivity contribution in [2.24, 2.45) is 0 Å². The molecule has 0 aliphatic rings. The molecule has 0 spiro atoms. The smallest absolute Gasteiger partial charge is 0.338 e. The average Bonchev–Trinajstić information content (AvgIpc) is 2.63. The van der Waals surface area contributed by atoms with Gasteiger partial charge in [0.25, 0.3) is 0 Å². The molecule has 28 heavy (non-hydrogen) atoms. The molecule has 1 unspecified atom stereocenters. The molecule has 0 fully saturated rings. The number of ether oxygens (including phenoxy) is 3. The summed E-state index contributed by atoms with van der Waals surface area (Å²) < 4.78 is 23.0. The first-order valence-electron chi connectivity index (χ1n) is 10.1. The molecule has 0 saturated heterocycles. The molecule has 1 rings (SSSR count). The van der Waals surface area contributed by atoms with Gasteiger partial charge in [0.1, 0.15) is 13.4 Å². The summed E-state index contributed by atoms with van der Waals surface area (Å²) in [6.07, 6.45) is 2.45. The molecular weight excluding hydrogens is 372 g/mol. The van der Waals surface area contributed by atoms with E-state index < -0.39 is 8.32 Å². The maximum atomic E-state index is 12.3. The highest BCUT2D eigenvalue weighted by atomic mass is 28.4. The van der Waals surface area contributed by atoms with Crippen LogP contribution in [0.4, 0.5) is 0 Å². The lowest BCUT2D eigenvalue weighted by molar-refractivity contribution is -0.101. The van der Waals surface area contributed by atoms with Crippen molar-refractivity contribution in [2.75, 3.05) is 20.5 Å². The lowest BCUT2D eigenvalue weighted by Gasteiger charge is -2.40. The van der Waals surface area contributed by atoms with Gasteiger partial charge in [0, 0.05) is 19.6 Å². The van der Waals surface area contributed by atoms with Crippen molar-refractivity contribution in [1.29, 1.82) is 0 Å². The molecule has 6 heteroatoms. The molecule has 2 atom stereocenters. The van der Waals surface area contributed by atoms with Gasteiger partial charge in [0.05, 0.1) is 11.7 Å². The van der Waals surface area contributed by atoms with E-state index in [1.807, 2.05) is 18.2 Å². The van der Waals surface area contributed by atoms with Crippen LogP contribution in [0.1, 0.15) is 57.3 Å². The minimum atomic E-state index is -1.90. The zero-order valence-corrected chi connectivity index (χ0v) is 19.6. The summed E-state index contributed by atoms with van der Waals surface area (Å²) in [6, 6.07) is 9.00. The molecule has 0 amide bonds. The van der Waals surface area contributed by atoms with Crippen molar-refractivity contribution in [2.45, 2.75) is 77.3 Å². The summed E-state index contributed by atoms with van der Waals surface area (Å²) in [7, 11) is -0.309. The molecule has 0 heterocycles. The van der Waals surface area contributed by atoms with Gasteiger partial charge in [0.15, 0.2) is 8.32 Å². The van der Waals surface area contributed by atoms with E-state index in [-0.39, 0.29) is 36.6 Å². The van der Waals surface area contributed by atoms with Crippen LogP contribution in [0.15, 0.2) is 30.3 Å². The number of hydrogen-bond donors (Lipinski definition) is 0. The minimum absolute atomic E-state index is 0.0724. The van der Waals surface area contributed by atoms with E-state index in [0.29, 0.717) is 12.0 Å². The van der Waals surface area contributed by atoms with Gasteiger partial charge in [0.2, 0.25) is 0 Å². The Morgan fingerprint density at radius 3 is 2.29 bits per heavy atom. The van der Waals surface area contributed by atoms with E-state index in [1.54, 1.807) is 19.2 Å². The topological polar surface area (TPSA) is 54.0 Å². The molecule has 0 saturated carbocycles. The van der Waals surface area contributed by atoms with Crippen LogP contribution < -0.4 is 0 Å². The Labute approximate surface area is 171 Å². The Balaban J connectivity index is 2.75. The number of carbonyl (C=O) groups is 1. The predicted molar refractivity (Wildman–Crippen MR) is 115 cm³/mol. The van der Waals surface area contributed by atoms with Gasteiger partial charge in [-0.05, 0) is 36.7 Å². The molecule has 1 aromatic rings. The standard InChI is InChI=1S/C22H38O5Si/c1-8-12-19(27-28(6,7)22(2,3)4)15-20(26-17-24-5)16-25-21(23)18-13-10-9-11-14-18/h9-11,13-14,19-20H,8,12,15-17H2,1-7H3/t19-,20?/m1/s1. The molecular formula is C22H38O5Si. The molecule has 160 valence electrons. The lowest BCUT2D eigenvalue weighted by Crippen LogP contribution is -2.45. The fraction of sp³-hybridized carbons (Fsp3) is 0.682. The number of hydrogen-bond acceptors (Lipinski definition) is 5. The Bertz CT molecular complexity index is 568. The largest absolute Gasteiger partial charge is 0.459 e. The summed E-state index contributed by atoms with van der Waals surface area (Å²) in [5.41, 5.74) is 0.538. The monoisotopic (exact) mass is 410 g/mol. The Hall–Kier alpha value is -1.21. The predicted octanol–water partition coefficient (Wildman–Crippen LogP) is 5.41. The van der Waals surface area contributed by atoms with Gasteiger partial charge in [-0.1, -0.05) is 52.3 Å². The first-order chi connectivity index (χ1) is 13.1. The number of carbonyl (C=O) groups excluding carboxylic acids is 1. The van der Waals surface area contributed by atoms with Crippen LogP contribution in [0.5, 0.6) is 0 Å². The third kappa shape index (κ3) is 8.43. The van der Waals surface area contributed by atoms with Gasteiger partial charge < -0.3 is 18.6 Å². The van der Waals surface area contributed by atoms with Gasteiger partial charge in [-0.3, -0.25) is 0 Å².